The van der Waals surface area contributed by atoms with Crippen LogP contribution in [0.2, 0.25) is 0 Å². The third kappa shape index (κ3) is 4.20. The lowest BCUT2D eigenvalue weighted by molar-refractivity contribution is 0.478. The Bertz CT molecular complexity index is 3060. The number of hydrogen-bond acceptors (Lipinski definition) is 2. The zero-order chi connectivity index (χ0) is 34.2. The van der Waals surface area contributed by atoms with Crippen molar-refractivity contribution in [3.05, 3.63) is 182 Å². The molecule has 0 bridgehead atoms. The molecule has 5 heteroatoms. The Balaban J connectivity index is 1.19. The zero-order valence-electron chi connectivity index (χ0n) is 28.0. The van der Waals surface area contributed by atoms with E-state index in [1.807, 2.05) is 30.3 Å². The number of ether oxygens (including phenoxy) is 1. The Labute approximate surface area is 298 Å². The van der Waals surface area contributed by atoms with E-state index in [1.54, 1.807) is 0 Å². The van der Waals surface area contributed by atoms with Gasteiger partial charge in [0.2, 0.25) is 0 Å². The molecular weight excluding hydrogens is 637 g/mol. The molecule has 0 spiro atoms. The summed E-state index contributed by atoms with van der Waals surface area (Å²) in [6.45, 7) is 0. The monoisotopic (exact) mass is 666 g/mol. The van der Waals surface area contributed by atoms with Gasteiger partial charge in [0, 0.05) is 38.0 Å². The molecule has 7 aromatic carbocycles. The van der Waals surface area contributed by atoms with Crippen molar-refractivity contribution in [2.24, 2.45) is 0 Å². The first-order valence-corrected chi connectivity index (χ1v) is 17.6. The Kier molecular flexibility index (Phi) is 6.18. The number of fused-ring (bicyclic) bond motifs is 9. The summed E-state index contributed by atoms with van der Waals surface area (Å²) in [6.07, 6.45) is 0. The maximum Gasteiger partial charge on any atom is 0.183 e. The topological polar surface area (TPSA) is 36.9 Å². The number of aromatic nitrogens is 4. The molecule has 0 amide bonds. The van der Waals surface area contributed by atoms with Crippen LogP contribution < -0.4 is 4.74 Å². The zero-order valence-corrected chi connectivity index (χ0v) is 28.0. The molecule has 11 rings (SSSR count). The lowest BCUT2D eigenvalue weighted by Gasteiger charge is -2.16. The summed E-state index contributed by atoms with van der Waals surface area (Å²) in [7, 11) is 0. The number of hydrogen-bond donors (Lipinski definition) is 0. The minimum atomic E-state index is 0.671. The quantitative estimate of drug-likeness (QED) is 0.183. The van der Waals surface area contributed by atoms with Crippen molar-refractivity contribution in [1.82, 2.24) is 18.7 Å². The van der Waals surface area contributed by atoms with Crippen molar-refractivity contribution < 1.29 is 4.74 Å². The van der Waals surface area contributed by atoms with E-state index < -0.39 is 0 Å². The Morgan fingerprint density at radius 3 is 1.35 bits per heavy atom. The van der Waals surface area contributed by atoms with E-state index in [2.05, 4.69) is 165 Å². The van der Waals surface area contributed by atoms with Gasteiger partial charge in [0.1, 0.15) is 11.6 Å². The molecule has 0 saturated carbocycles. The first kappa shape index (κ1) is 28.7. The van der Waals surface area contributed by atoms with E-state index >= 15 is 0 Å². The largest absolute Gasteiger partial charge is 0.453 e. The SMILES string of the molecule is c1ccc(Oc2ccc(-n3c4ccccc4c4ccccc43)nc2-n2c3ccccc3c3cc(-n4c5ccccc5c5ccccc54)ccc32)cc1. The summed E-state index contributed by atoms with van der Waals surface area (Å²) in [4.78, 5) is 5.50. The number of para-hydroxylation sites is 6. The van der Waals surface area contributed by atoms with Crippen LogP contribution in [-0.2, 0) is 0 Å². The first-order valence-electron chi connectivity index (χ1n) is 17.6. The number of rotatable bonds is 5. The van der Waals surface area contributed by atoms with Crippen LogP contribution in [0.1, 0.15) is 0 Å². The molecule has 5 nitrogen and oxygen atoms in total. The van der Waals surface area contributed by atoms with Crippen molar-refractivity contribution in [2.75, 3.05) is 0 Å². The smallest absolute Gasteiger partial charge is 0.183 e. The predicted molar refractivity (Wildman–Crippen MR) is 214 cm³/mol. The minimum Gasteiger partial charge on any atom is -0.453 e. The van der Waals surface area contributed by atoms with Gasteiger partial charge in [-0.15, -0.1) is 0 Å². The van der Waals surface area contributed by atoms with Gasteiger partial charge in [-0.05, 0) is 72.8 Å². The molecule has 0 aliphatic carbocycles. The van der Waals surface area contributed by atoms with Gasteiger partial charge in [0.15, 0.2) is 11.6 Å². The van der Waals surface area contributed by atoms with Gasteiger partial charge in [-0.3, -0.25) is 9.13 Å². The fourth-order valence-electron chi connectivity index (χ4n) is 8.10. The molecule has 0 fully saturated rings. The second-order valence-corrected chi connectivity index (χ2v) is 13.2. The predicted octanol–water partition coefficient (Wildman–Crippen LogP) is 12.2. The van der Waals surface area contributed by atoms with Gasteiger partial charge >= 0.3 is 0 Å². The van der Waals surface area contributed by atoms with Gasteiger partial charge in [-0.2, -0.15) is 0 Å². The molecule has 0 N–H and O–H groups in total. The second kappa shape index (κ2) is 11.2. The molecule has 0 aliphatic rings. The van der Waals surface area contributed by atoms with E-state index in [0.29, 0.717) is 5.75 Å². The molecule has 244 valence electrons. The van der Waals surface area contributed by atoms with Gasteiger partial charge in [-0.1, -0.05) is 109 Å². The van der Waals surface area contributed by atoms with Crippen molar-refractivity contribution in [3.8, 4) is 28.8 Å². The van der Waals surface area contributed by atoms with Crippen LogP contribution in [0.15, 0.2) is 182 Å². The van der Waals surface area contributed by atoms with Gasteiger partial charge in [0.25, 0.3) is 0 Å². The molecule has 0 saturated heterocycles. The third-order valence-electron chi connectivity index (χ3n) is 10.3. The summed E-state index contributed by atoms with van der Waals surface area (Å²) in [5, 5.41) is 7.17. The average Bonchev–Trinajstić information content (AvgIpc) is 3.84. The van der Waals surface area contributed by atoms with Crippen LogP contribution in [0.5, 0.6) is 11.5 Å². The maximum absolute atomic E-state index is 6.66. The second-order valence-electron chi connectivity index (χ2n) is 13.2. The number of pyridine rings is 1. The van der Waals surface area contributed by atoms with E-state index in [4.69, 9.17) is 9.72 Å². The third-order valence-corrected chi connectivity index (χ3v) is 10.3. The molecule has 11 aromatic rings. The van der Waals surface area contributed by atoms with Crippen LogP contribution >= 0.6 is 0 Å². The molecule has 4 heterocycles. The van der Waals surface area contributed by atoms with Crippen molar-refractivity contribution in [1.29, 1.82) is 0 Å². The number of benzene rings is 7. The molecule has 0 radical (unpaired) electrons. The molecule has 4 aromatic heterocycles. The lowest BCUT2D eigenvalue weighted by Crippen LogP contribution is -2.05. The molecular formula is C47H30N4O. The number of nitrogens with zero attached hydrogens (tertiary/aromatic N) is 4. The highest BCUT2D eigenvalue weighted by Crippen LogP contribution is 2.40. The van der Waals surface area contributed by atoms with E-state index in [1.165, 1.54) is 32.6 Å². The summed E-state index contributed by atoms with van der Waals surface area (Å²) in [6, 6.07) is 63.8. The highest BCUT2D eigenvalue weighted by Gasteiger charge is 2.21. The maximum atomic E-state index is 6.66. The van der Waals surface area contributed by atoms with Crippen LogP contribution in [0.25, 0.3) is 82.7 Å². The summed E-state index contributed by atoms with van der Waals surface area (Å²) < 4.78 is 13.6. The summed E-state index contributed by atoms with van der Waals surface area (Å²) in [5.74, 6) is 2.97. The molecule has 0 aliphatic heterocycles. The molecule has 0 unspecified atom stereocenters. The van der Waals surface area contributed by atoms with E-state index in [-0.39, 0.29) is 0 Å². The molecule has 52 heavy (non-hydrogen) atoms. The fourth-order valence-corrected chi connectivity index (χ4v) is 8.10. The first-order chi connectivity index (χ1) is 25.8. The summed E-state index contributed by atoms with van der Waals surface area (Å²) in [5.41, 5.74) is 7.81. The normalized spacial score (nSPS) is 11.8. The van der Waals surface area contributed by atoms with Crippen LogP contribution in [0.4, 0.5) is 0 Å². The Morgan fingerprint density at radius 1 is 0.346 bits per heavy atom. The molecule has 0 atom stereocenters. The van der Waals surface area contributed by atoms with Gasteiger partial charge < -0.3 is 9.30 Å². The van der Waals surface area contributed by atoms with Crippen molar-refractivity contribution >= 4 is 65.4 Å². The Morgan fingerprint density at radius 2 is 0.788 bits per heavy atom. The summed E-state index contributed by atoms with van der Waals surface area (Å²) >= 11 is 0. The van der Waals surface area contributed by atoms with Crippen molar-refractivity contribution in [2.45, 2.75) is 0 Å². The Hall–Kier alpha value is -7.11. The van der Waals surface area contributed by atoms with Crippen LogP contribution in [-0.4, -0.2) is 18.7 Å². The van der Waals surface area contributed by atoms with E-state index in [0.717, 1.165) is 55.9 Å². The average molecular weight is 667 g/mol. The minimum absolute atomic E-state index is 0.671. The van der Waals surface area contributed by atoms with Crippen molar-refractivity contribution in [3.63, 3.8) is 0 Å². The highest BCUT2D eigenvalue weighted by molar-refractivity contribution is 6.12. The van der Waals surface area contributed by atoms with Crippen LogP contribution in [0, 0.1) is 0 Å². The lowest BCUT2D eigenvalue weighted by atomic mass is 10.1. The standard InChI is InChI=1S/C47H30N4O/c1-2-14-32(15-3-1)52-45-28-29-46(50-41-23-11-6-18-35(41)36-19-7-12-24-42(36)50)48-47(45)51-43-25-13-8-20-37(43)38-30-31(26-27-44(38)51)49-39-21-9-4-16-33(39)34-17-5-10-22-40(34)49/h1-30H. The fraction of sp³-hybridized carbons (Fsp3) is 0. The van der Waals surface area contributed by atoms with Gasteiger partial charge in [0.05, 0.1) is 33.1 Å². The van der Waals surface area contributed by atoms with Crippen LogP contribution in [0.3, 0.4) is 0 Å². The van der Waals surface area contributed by atoms with Gasteiger partial charge in [-0.25, -0.2) is 4.98 Å². The van der Waals surface area contributed by atoms with E-state index in [9.17, 15) is 0 Å². The highest BCUT2D eigenvalue weighted by atomic mass is 16.5.